The number of rotatable bonds is 7. The first-order valence-electron chi connectivity index (χ1n) is 6.24. The van der Waals surface area contributed by atoms with E-state index in [4.69, 9.17) is 4.84 Å². The van der Waals surface area contributed by atoms with Crippen LogP contribution < -0.4 is 5.32 Å². The molecule has 0 saturated heterocycles. The van der Waals surface area contributed by atoms with E-state index in [2.05, 4.69) is 15.5 Å². The summed E-state index contributed by atoms with van der Waals surface area (Å²) >= 11 is 1.29. The molecule has 0 amide bonds. The second kappa shape index (κ2) is 7.49. The average molecular weight is 307 g/mol. The van der Waals surface area contributed by atoms with Crippen molar-refractivity contribution in [2.75, 3.05) is 12.4 Å². The van der Waals surface area contributed by atoms with Crippen molar-refractivity contribution >= 4 is 28.5 Å². The van der Waals surface area contributed by atoms with Gasteiger partial charge in [0.25, 0.3) is 0 Å². The van der Waals surface area contributed by atoms with Crippen molar-refractivity contribution in [1.29, 1.82) is 0 Å². The minimum Gasteiger partial charge on any atom is -0.391 e. The molecule has 5 nitrogen and oxygen atoms in total. The molecule has 0 aliphatic rings. The molecule has 0 unspecified atom stereocenters. The van der Waals surface area contributed by atoms with Crippen LogP contribution in [0.4, 0.5) is 9.52 Å². The fourth-order valence-corrected chi connectivity index (χ4v) is 2.20. The molecule has 1 aromatic heterocycles. The van der Waals surface area contributed by atoms with Gasteiger partial charge in [-0.1, -0.05) is 28.6 Å². The minimum atomic E-state index is -0.293. The molecule has 0 fully saturated rings. The first-order valence-corrected chi connectivity index (χ1v) is 7.05. The Morgan fingerprint density at radius 3 is 2.90 bits per heavy atom. The number of thiazole rings is 1. The third-order valence-electron chi connectivity index (χ3n) is 2.56. The van der Waals surface area contributed by atoms with Gasteiger partial charge in [0.2, 0.25) is 0 Å². The second-order valence-corrected chi connectivity index (χ2v) is 5.13. The molecule has 1 N–H and O–H groups in total. The van der Waals surface area contributed by atoms with E-state index in [0.29, 0.717) is 10.0 Å². The molecule has 0 saturated carbocycles. The molecular formula is C14H14FN3O2S. The summed E-state index contributed by atoms with van der Waals surface area (Å²) in [6, 6.07) is 5.95. The van der Waals surface area contributed by atoms with Gasteiger partial charge < -0.3 is 10.2 Å². The summed E-state index contributed by atoms with van der Waals surface area (Å²) in [6.45, 7) is 0.232. The normalized spacial score (nSPS) is 10.8. The highest BCUT2D eigenvalue weighted by Crippen LogP contribution is 2.18. The standard InChI is InChI=1S/C14H14FN3O2S/c1-16-14-17-8-13(21-14)12(19)6-7-18-20-9-10-2-4-11(15)5-3-10/h2-5,7-8H,6,9H2,1H3,(H,16,17). The van der Waals surface area contributed by atoms with Crippen molar-refractivity contribution in [2.45, 2.75) is 13.0 Å². The molecular weight excluding hydrogens is 293 g/mol. The van der Waals surface area contributed by atoms with E-state index in [0.717, 1.165) is 5.56 Å². The largest absolute Gasteiger partial charge is 0.391 e. The maximum absolute atomic E-state index is 12.7. The predicted molar refractivity (Wildman–Crippen MR) is 80.3 cm³/mol. The number of carbonyl (C=O) groups is 1. The van der Waals surface area contributed by atoms with Crippen molar-refractivity contribution in [3.05, 3.63) is 46.7 Å². The zero-order chi connectivity index (χ0) is 15.1. The van der Waals surface area contributed by atoms with Crippen LogP contribution in [0.3, 0.4) is 0 Å². The smallest absolute Gasteiger partial charge is 0.183 e. The van der Waals surface area contributed by atoms with Crippen molar-refractivity contribution < 1.29 is 14.0 Å². The van der Waals surface area contributed by atoms with Crippen LogP contribution in [0, 0.1) is 5.82 Å². The van der Waals surface area contributed by atoms with E-state index in [-0.39, 0.29) is 24.6 Å². The Hall–Kier alpha value is -2.28. The van der Waals surface area contributed by atoms with Crippen LogP contribution in [-0.2, 0) is 11.4 Å². The lowest BCUT2D eigenvalue weighted by Gasteiger charge is -1.99. The van der Waals surface area contributed by atoms with Crippen LogP contribution in [0.1, 0.15) is 21.7 Å². The molecule has 0 aliphatic carbocycles. The van der Waals surface area contributed by atoms with Crippen LogP contribution in [0.25, 0.3) is 0 Å². The Bertz CT molecular complexity index is 625. The number of nitrogens with zero attached hydrogens (tertiary/aromatic N) is 2. The van der Waals surface area contributed by atoms with Crippen LogP contribution in [0.2, 0.25) is 0 Å². The summed E-state index contributed by atoms with van der Waals surface area (Å²) in [6.07, 6.45) is 3.09. The fourth-order valence-electron chi connectivity index (χ4n) is 1.48. The van der Waals surface area contributed by atoms with Crippen LogP contribution >= 0.6 is 11.3 Å². The maximum Gasteiger partial charge on any atom is 0.183 e. The summed E-state index contributed by atoms with van der Waals surface area (Å²) in [4.78, 5) is 21.4. The highest BCUT2D eigenvalue weighted by molar-refractivity contribution is 7.17. The number of oxime groups is 1. The van der Waals surface area contributed by atoms with Gasteiger partial charge in [-0.05, 0) is 17.7 Å². The Morgan fingerprint density at radius 1 is 1.48 bits per heavy atom. The van der Waals surface area contributed by atoms with Crippen LogP contribution in [0.15, 0.2) is 35.6 Å². The number of carbonyl (C=O) groups excluding carboxylic acids is 1. The van der Waals surface area contributed by atoms with Crippen LogP contribution in [0.5, 0.6) is 0 Å². The van der Waals surface area contributed by atoms with Gasteiger partial charge in [-0.15, -0.1) is 0 Å². The number of aromatic nitrogens is 1. The van der Waals surface area contributed by atoms with E-state index in [1.807, 2.05) is 0 Å². The van der Waals surface area contributed by atoms with Gasteiger partial charge >= 0.3 is 0 Å². The third-order valence-corrected chi connectivity index (χ3v) is 3.62. The topological polar surface area (TPSA) is 63.6 Å². The minimum absolute atomic E-state index is 0.0665. The lowest BCUT2D eigenvalue weighted by atomic mass is 10.2. The Balaban J connectivity index is 1.74. The first kappa shape index (κ1) is 15.1. The van der Waals surface area contributed by atoms with Crippen molar-refractivity contribution in [1.82, 2.24) is 4.98 Å². The summed E-state index contributed by atoms with van der Waals surface area (Å²) in [7, 11) is 1.75. The molecule has 7 heteroatoms. The number of Topliss-reactive ketones (excluding diaryl/α,β-unsaturated/α-hetero) is 1. The second-order valence-electron chi connectivity index (χ2n) is 4.09. The Kier molecular flexibility index (Phi) is 5.39. The Labute approximate surface area is 125 Å². The van der Waals surface area contributed by atoms with Gasteiger partial charge in [0.1, 0.15) is 12.4 Å². The van der Waals surface area contributed by atoms with E-state index in [9.17, 15) is 9.18 Å². The fraction of sp³-hybridized carbons (Fsp3) is 0.214. The highest BCUT2D eigenvalue weighted by atomic mass is 32.1. The number of hydrogen-bond acceptors (Lipinski definition) is 6. The number of halogens is 1. The van der Waals surface area contributed by atoms with Crippen LogP contribution in [-0.4, -0.2) is 24.0 Å². The monoisotopic (exact) mass is 307 g/mol. The van der Waals surface area contributed by atoms with Crippen molar-refractivity contribution in [3.63, 3.8) is 0 Å². The first-order chi connectivity index (χ1) is 10.2. The quantitative estimate of drug-likeness (QED) is 0.485. The predicted octanol–water partition coefficient (Wildman–Crippen LogP) is 3.10. The molecule has 0 spiro atoms. The third kappa shape index (κ3) is 4.64. The molecule has 2 rings (SSSR count). The highest BCUT2D eigenvalue weighted by Gasteiger charge is 2.08. The molecule has 21 heavy (non-hydrogen) atoms. The zero-order valence-corrected chi connectivity index (χ0v) is 12.2. The average Bonchev–Trinajstić information content (AvgIpc) is 2.98. The summed E-state index contributed by atoms with van der Waals surface area (Å²) < 4.78 is 12.7. The number of benzene rings is 1. The molecule has 1 heterocycles. The summed E-state index contributed by atoms with van der Waals surface area (Å²) in [5, 5.41) is 7.28. The maximum atomic E-state index is 12.7. The van der Waals surface area contributed by atoms with Gasteiger partial charge in [-0.3, -0.25) is 4.79 Å². The van der Waals surface area contributed by atoms with E-state index < -0.39 is 0 Å². The number of nitrogens with one attached hydrogen (secondary N) is 1. The van der Waals surface area contributed by atoms with Gasteiger partial charge in [-0.25, -0.2) is 9.37 Å². The van der Waals surface area contributed by atoms with Crippen molar-refractivity contribution in [3.8, 4) is 0 Å². The molecule has 1 aromatic carbocycles. The van der Waals surface area contributed by atoms with Gasteiger partial charge in [0.05, 0.1) is 23.7 Å². The lowest BCUT2D eigenvalue weighted by molar-refractivity contribution is 0.0999. The number of hydrogen-bond donors (Lipinski definition) is 1. The number of ketones is 1. The SMILES string of the molecule is CNc1ncc(C(=O)CC=NOCc2ccc(F)cc2)s1. The summed E-state index contributed by atoms with van der Waals surface area (Å²) in [5.74, 6) is -0.360. The zero-order valence-electron chi connectivity index (χ0n) is 11.4. The van der Waals surface area contributed by atoms with E-state index in [1.54, 1.807) is 19.2 Å². The van der Waals surface area contributed by atoms with Crippen molar-refractivity contribution in [2.24, 2.45) is 5.16 Å². The van der Waals surface area contributed by atoms with E-state index >= 15 is 0 Å². The lowest BCUT2D eigenvalue weighted by Crippen LogP contribution is -1.97. The Morgan fingerprint density at radius 2 is 2.24 bits per heavy atom. The molecule has 2 aromatic rings. The van der Waals surface area contributed by atoms with E-state index in [1.165, 1.54) is 35.9 Å². The van der Waals surface area contributed by atoms with Gasteiger partial charge in [-0.2, -0.15) is 0 Å². The molecule has 0 atom stereocenters. The number of anilines is 1. The van der Waals surface area contributed by atoms with Gasteiger partial charge in [0.15, 0.2) is 10.9 Å². The summed E-state index contributed by atoms with van der Waals surface area (Å²) in [5.41, 5.74) is 0.806. The molecule has 0 aliphatic heterocycles. The molecule has 0 radical (unpaired) electrons. The molecule has 110 valence electrons. The van der Waals surface area contributed by atoms with Gasteiger partial charge in [0, 0.05) is 7.05 Å². The molecule has 0 bridgehead atoms.